The molecule has 0 aliphatic rings. The number of benzene rings is 2. The third-order valence-corrected chi connectivity index (χ3v) is 5.62. The first-order valence-electron chi connectivity index (χ1n) is 11.3. The zero-order chi connectivity index (χ0) is 25.5. The molecule has 4 aromatic rings. The predicted octanol–water partition coefficient (Wildman–Crippen LogP) is 5.25. The van der Waals surface area contributed by atoms with Crippen molar-refractivity contribution < 1.29 is 14.3 Å². The van der Waals surface area contributed by atoms with Crippen LogP contribution in [0.4, 0.5) is 20.8 Å². The molecule has 5 N–H and O–H groups in total. The lowest BCUT2D eigenvalue weighted by atomic mass is 10.0. The molecule has 0 spiro atoms. The summed E-state index contributed by atoms with van der Waals surface area (Å²) in [6.07, 6.45) is 2.15. The number of carboxylic acid groups (broad SMARTS) is 1. The summed E-state index contributed by atoms with van der Waals surface area (Å²) in [5, 5.41) is 24.7. The second kappa shape index (κ2) is 11.5. The van der Waals surface area contributed by atoms with Gasteiger partial charge in [-0.15, -0.1) is 0 Å². The molecule has 2 aromatic heterocycles. The number of nitrogens with zero attached hydrogens (tertiary/aromatic N) is 3. The molecule has 0 saturated heterocycles. The van der Waals surface area contributed by atoms with E-state index in [1.165, 1.54) is 6.07 Å². The van der Waals surface area contributed by atoms with Crippen LogP contribution in [-0.4, -0.2) is 44.5 Å². The van der Waals surface area contributed by atoms with Crippen LogP contribution in [-0.2, 0) is 6.54 Å². The molecular weight excluding hydrogens is 485 g/mol. The third kappa shape index (κ3) is 6.28. The first-order valence-corrected chi connectivity index (χ1v) is 11.6. The summed E-state index contributed by atoms with van der Waals surface area (Å²) in [6.45, 7) is 3.09. The maximum Gasteiger partial charge on any atom is 0.404 e. The average molecular weight is 510 g/mol. The zero-order valence-corrected chi connectivity index (χ0v) is 20.2. The van der Waals surface area contributed by atoms with Crippen LogP contribution in [0, 0.1) is 11.7 Å². The molecule has 0 bridgehead atoms. The second-order valence-corrected chi connectivity index (χ2v) is 8.68. The Morgan fingerprint density at radius 3 is 2.72 bits per heavy atom. The standard InChI is InChI=1S/C25H25ClFN7O2/c1-15(12-31-25(35)36)11-30-24-28-8-7-20(33-24)19-14-32-34-23(19)18-9-17(26)10-21(22(18)27)29-13-16-5-3-2-4-6-16/h2-10,14-15,29,31H,11-13H2,1H3,(H,32,34)(H,35,36)(H,28,30,33)/t15-/m0/s1. The lowest BCUT2D eigenvalue weighted by Crippen LogP contribution is -2.29. The van der Waals surface area contributed by atoms with Crippen LogP contribution in [0.2, 0.25) is 5.02 Å². The van der Waals surface area contributed by atoms with Crippen LogP contribution < -0.4 is 16.0 Å². The minimum Gasteiger partial charge on any atom is -0.465 e. The molecule has 36 heavy (non-hydrogen) atoms. The van der Waals surface area contributed by atoms with E-state index in [1.54, 1.807) is 24.5 Å². The first kappa shape index (κ1) is 24.9. The van der Waals surface area contributed by atoms with Crippen molar-refractivity contribution in [1.29, 1.82) is 0 Å². The molecule has 0 aliphatic heterocycles. The smallest absolute Gasteiger partial charge is 0.404 e. The Morgan fingerprint density at radius 2 is 1.94 bits per heavy atom. The Kier molecular flexibility index (Phi) is 7.96. The first-order chi connectivity index (χ1) is 17.4. The minimum atomic E-state index is -1.07. The average Bonchev–Trinajstić information content (AvgIpc) is 3.37. The van der Waals surface area contributed by atoms with Gasteiger partial charge in [-0.3, -0.25) is 5.10 Å². The Morgan fingerprint density at radius 1 is 1.14 bits per heavy atom. The summed E-state index contributed by atoms with van der Waals surface area (Å²) < 4.78 is 15.6. The van der Waals surface area contributed by atoms with Crippen LogP contribution in [0.1, 0.15) is 12.5 Å². The molecule has 0 unspecified atom stereocenters. The van der Waals surface area contributed by atoms with Gasteiger partial charge in [-0.1, -0.05) is 48.9 Å². The topological polar surface area (TPSA) is 128 Å². The number of hydrogen-bond acceptors (Lipinski definition) is 6. The van der Waals surface area contributed by atoms with Gasteiger partial charge in [0.1, 0.15) is 5.69 Å². The molecule has 2 aromatic carbocycles. The highest BCUT2D eigenvalue weighted by Crippen LogP contribution is 2.36. The van der Waals surface area contributed by atoms with E-state index in [0.717, 1.165) is 5.56 Å². The summed E-state index contributed by atoms with van der Waals surface area (Å²) in [6, 6.07) is 14.4. The molecule has 1 amide bonds. The number of carbonyl (C=O) groups is 1. The second-order valence-electron chi connectivity index (χ2n) is 8.24. The SMILES string of the molecule is C[C@H](CNC(=O)O)CNc1nccc(-c2c[nH]nc2-c2cc(Cl)cc(NCc3ccccc3)c2F)n1. The van der Waals surface area contributed by atoms with Crippen LogP contribution in [0.15, 0.2) is 60.9 Å². The summed E-state index contributed by atoms with van der Waals surface area (Å²) in [5.41, 5.74) is 2.98. The van der Waals surface area contributed by atoms with Gasteiger partial charge in [-0.2, -0.15) is 5.10 Å². The monoisotopic (exact) mass is 509 g/mol. The molecule has 0 fully saturated rings. The lowest BCUT2D eigenvalue weighted by Gasteiger charge is -2.13. The summed E-state index contributed by atoms with van der Waals surface area (Å²) in [5.74, 6) is -0.102. The van der Waals surface area contributed by atoms with Gasteiger partial charge in [0, 0.05) is 48.2 Å². The van der Waals surface area contributed by atoms with Crippen molar-refractivity contribution >= 4 is 29.3 Å². The zero-order valence-electron chi connectivity index (χ0n) is 19.4. The normalized spacial score (nSPS) is 11.6. The highest BCUT2D eigenvalue weighted by molar-refractivity contribution is 6.31. The van der Waals surface area contributed by atoms with Gasteiger partial charge in [-0.25, -0.2) is 19.2 Å². The molecule has 2 heterocycles. The molecule has 186 valence electrons. The van der Waals surface area contributed by atoms with Gasteiger partial charge in [0.25, 0.3) is 0 Å². The fraction of sp³-hybridized carbons (Fsp3) is 0.200. The van der Waals surface area contributed by atoms with Crippen LogP contribution in [0.25, 0.3) is 22.5 Å². The Labute approximate surface area is 212 Å². The van der Waals surface area contributed by atoms with E-state index in [1.807, 2.05) is 37.3 Å². The summed E-state index contributed by atoms with van der Waals surface area (Å²) in [4.78, 5) is 19.4. The molecular formula is C25H25ClFN7O2. The molecule has 9 nitrogen and oxygen atoms in total. The number of amides is 1. The Bertz CT molecular complexity index is 1330. The number of aromatic amines is 1. The number of H-pyrrole nitrogens is 1. The fourth-order valence-corrected chi connectivity index (χ4v) is 3.79. The highest BCUT2D eigenvalue weighted by Gasteiger charge is 2.19. The number of halogens is 2. The molecule has 0 aliphatic carbocycles. The number of aromatic nitrogens is 4. The largest absolute Gasteiger partial charge is 0.465 e. The van der Waals surface area contributed by atoms with E-state index in [0.29, 0.717) is 47.6 Å². The Hall–Kier alpha value is -4.18. The molecule has 4 rings (SSSR count). The van der Waals surface area contributed by atoms with Crippen molar-refractivity contribution in [3.05, 3.63) is 77.3 Å². The van der Waals surface area contributed by atoms with Gasteiger partial charge in [0.05, 0.1) is 11.4 Å². The quantitative estimate of drug-likeness (QED) is 0.197. The van der Waals surface area contributed by atoms with Gasteiger partial charge >= 0.3 is 6.09 Å². The summed E-state index contributed by atoms with van der Waals surface area (Å²) in [7, 11) is 0. The number of anilines is 2. The van der Waals surface area contributed by atoms with Crippen molar-refractivity contribution in [2.45, 2.75) is 13.5 Å². The van der Waals surface area contributed by atoms with Crippen LogP contribution >= 0.6 is 11.6 Å². The minimum absolute atomic E-state index is 0.0141. The van der Waals surface area contributed by atoms with Crippen molar-refractivity contribution in [3.63, 3.8) is 0 Å². The maximum absolute atomic E-state index is 15.6. The number of nitrogens with one attached hydrogen (secondary N) is 4. The number of rotatable bonds is 10. The molecule has 0 saturated carbocycles. The third-order valence-electron chi connectivity index (χ3n) is 5.40. The predicted molar refractivity (Wildman–Crippen MR) is 137 cm³/mol. The van der Waals surface area contributed by atoms with Crippen molar-refractivity contribution in [2.24, 2.45) is 5.92 Å². The van der Waals surface area contributed by atoms with E-state index in [2.05, 4.69) is 36.1 Å². The summed E-state index contributed by atoms with van der Waals surface area (Å²) >= 11 is 6.34. The fourth-order valence-electron chi connectivity index (χ4n) is 3.57. The Balaban J connectivity index is 1.55. The van der Waals surface area contributed by atoms with E-state index >= 15 is 4.39 Å². The van der Waals surface area contributed by atoms with E-state index in [4.69, 9.17) is 16.7 Å². The van der Waals surface area contributed by atoms with Crippen molar-refractivity contribution in [2.75, 3.05) is 23.7 Å². The van der Waals surface area contributed by atoms with Crippen LogP contribution in [0.5, 0.6) is 0 Å². The van der Waals surface area contributed by atoms with Crippen molar-refractivity contribution in [1.82, 2.24) is 25.5 Å². The van der Waals surface area contributed by atoms with Gasteiger partial charge in [0.2, 0.25) is 5.95 Å². The molecule has 1 atom stereocenters. The van der Waals surface area contributed by atoms with Gasteiger partial charge in [-0.05, 0) is 29.7 Å². The molecule has 0 radical (unpaired) electrons. The van der Waals surface area contributed by atoms with E-state index < -0.39 is 11.9 Å². The van der Waals surface area contributed by atoms with Gasteiger partial charge in [0.15, 0.2) is 5.82 Å². The van der Waals surface area contributed by atoms with Crippen LogP contribution in [0.3, 0.4) is 0 Å². The lowest BCUT2D eigenvalue weighted by molar-refractivity contribution is 0.193. The maximum atomic E-state index is 15.6. The highest BCUT2D eigenvalue weighted by atomic mass is 35.5. The van der Waals surface area contributed by atoms with Gasteiger partial charge < -0.3 is 21.1 Å². The molecule has 11 heteroatoms. The van der Waals surface area contributed by atoms with Crippen molar-refractivity contribution in [3.8, 4) is 22.5 Å². The van der Waals surface area contributed by atoms with E-state index in [-0.39, 0.29) is 17.2 Å². The van der Waals surface area contributed by atoms with E-state index in [9.17, 15) is 4.79 Å². The number of hydrogen-bond donors (Lipinski definition) is 5.